The molecule has 4 rings (SSSR count). The van der Waals surface area contributed by atoms with Crippen LogP contribution in [-0.2, 0) is 24.9 Å². The molecule has 0 unspecified atom stereocenters. The number of hydrogen-bond acceptors (Lipinski definition) is 5. The average molecular weight is 355 g/mol. The number of nitrogens with zero attached hydrogens (tertiary/aromatic N) is 5. The average Bonchev–Trinajstić information content (AvgIpc) is 3.25. The van der Waals surface area contributed by atoms with Crippen molar-refractivity contribution in [3.8, 4) is 0 Å². The van der Waals surface area contributed by atoms with Crippen LogP contribution in [0.15, 0.2) is 36.8 Å². The van der Waals surface area contributed by atoms with Gasteiger partial charge in [0.25, 0.3) is 0 Å². The summed E-state index contributed by atoms with van der Waals surface area (Å²) in [5.74, 6) is 0. The van der Waals surface area contributed by atoms with Crippen LogP contribution < -0.4 is 0 Å². The van der Waals surface area contributed by atoms with Crippen molar-refractivity contribution in [1.82, 2.24) is 24.6 Å². The molecule has 2 aliphatic rings. The maximum absolute atomic E-state index is 6.35. The lowest BCUT2D eigenvalue weighted by Gasteiger charge is -2.38. The molecule has 2 aromatic rings. The van der Waals surface area contributed by atoms with Gasteiger partial charge in [-0.05, 0) is 38.4 Å². The molecule has 26 heavy (non-hydrogen) atoms. The van der Waals surface area contributed by atoms with E-state index in [0.29, 0.717) is 6.04 Å². The molecule has 2 aliphatic heterocycles. The van der Waals surface area contributed by atoms with Crippen LogP contribution in [0.1, 0.15) is 30.5 Å². The largest absolute Gasteiger partial charge is 0.373 e. The normalized spacial score (nSPS) is 23.1. The fourth-order valence-electron chi connectivity index (χ4n) is 4.26. The summed E-state index contributed by atoms with van der Waals surface area (Å²) in [6.07, 6.45) is 9.34. The van der Waals surface area contributed by atoms with Crippen molar-refractivity contribution in [3.05, 3.63) is 48.0 Å². The molecule has 140 valence electrons. The zero-order valence-electron chi connectivity index (χ0n) is 15.8. The zero-order valence-corrected chi connectivity index (χ0v) is 15.8. The number of pyridine rings is 1. The predicted molar refractivity (Wildman–Crippen MR) is 101 cm³/mol. The third kappa shape index (κ3) is 3.98. The van der Waals surface area contributed by atoms with Crippen LogP contribution in [0.4, 0.5) is 0 Å². The highest BCUT2D eigenvalue weighted by atomic mass is 16.5. The van der Waals surface area contributed by atoms with Gasteiger partial charge in [0.1, 0.15) is 0 Å². The highest BCUT2D eigenvalue weighted by molar-refractivity contribution is 5.06. The lowest BCUT2D eigenvalue weighted by Crippen LogP contribution is -2.44. The van der Waals surface area contributed by atoms with Crippen LogP contribution in [0.25, 0.3) is 0 Å². The third-order valence-electron chi connectivity index (χ3n) is 5.88. The van der Waals surface area contributed by atoms with Crippen molar-refractivity contribution in [2.75, 3.05) is 26.7 Å². The van der Waals surface area contributed by atoms with Gasteiger partial charge in [0.15, 0.2) is 0 Å². The summed E-state index contributed by atoms with van der Waals surface area (Å²) in [5.41, 5.74) is 2.50. The second kappa shape index (κ2) is 7.47. The Bertz CT molecular complexity index is 708. The Hall–Kier alpha value is -1.76. The molecule has 6 heteroatoms. The number of rotatable bonds is 5. The maximum Gasteiger partial charge on any atom is 0.0723 e. The van der Waals surface area contributed by atoms with E-state index in [0.717, 1.165) is 57.7 Å². The SMILES string of the molecule is CN(Cc1ccccn1)[C@@H]1COC2(CCN(Cc3cnn(C)c3)CC2)C1. The first kappa shape index (κ1) is 17.6. The molecular weight excluding hydrogens is 326 g/mol. The monoisotopic (exact) mass is 355 g/mol. The van der Waals surface area contributed by atoms with E-state index in [-0.39, 0.29) is 5.60 Å². The summed E-state index contributed by atoms with van der Waals surface area (Å²) in [6.45, 7) is 4.92. The molecule has 2 fully saturated rings. The number of aromatic nitrogens is 3. The lowest BCUT2D eigenvalue weighted by atomic mass is 9.87. The number of ether oxygens (including phenoxy) is 1. The van der Waals surface area contributed by atoms with Crippen LogP contribution in [0.3, 0.4) is 0 Å². The fourth-order valence-corrected chi connectivity index (χ4v) is 4.26. The van der Waals surface area contributed by atoms with Gasteiger partial charge in [-0.3, -0.25) is 19.5 Å². The van der Waals surface area contributed by atoms with E-state index in [1.165, 1.54) is 5.56 Å². The van der Waals surface area contributed by atoms with E-state index >= 15 is 0 Å². The van der Waals surface area contributed by atoms with E-state index in [4.69, 9.17) is 4.74 Å². The molecular formula is C20H29N5O. The van der Waals surface area contributed by atoms with Crippen LogP contribution in [-0.4, -0.2) is 63.0 Å². The van der Waals surface area contributed by atoms with Gasteiger partial charge in [0.2, 0.25) is 0 Å². The Balaban J connectivity index is 1.28. The van der Waals surface area contributed by atoms with Gasteiger partial charge in [0.05, 0.1) is 24.1 Å². The van der Waals surface area contributed by atoms with Gasteiger partial charge < -0.3 is 4.74 Å². The van der Waals surface area contributed by atoms with Crippen molar-refractivity contribution >= 4 is 0 Å². The Kier molecular flexibility index (Phi) is 5.07. The van der Waals surface area contributed by atoms with Gasteiger partial charge in [0, 0.05) is 57.2 Å². The molecule has 0 N–H and O–H groups in total. The molecule has 2 saturated heterocycles. The summed E-state index contributed by atoms with van der Waals surface area (Å²) in [7, 11) is 4.17. The van der Waals surface area contributed by atoms with Gasteiger partial charge in [-0.1, -0.05) is 6.07 Å². The third-order valence-corrected chi connectivity index (χ3v) is 5.88. The zero-order chi connectivity index (χ0) is 18.0. The highest BCUT2D eigenvalue weighted by Gasteiger charge is 2.43. The van der Waals surface area contributed by atoms with Crippen molar-refractivity contribution < 1.29 is 4.74 Å². The number of likely N-dealkylation sites (tertiary alicyclic amines) is 1. The molecule has 2 aromatic heterocycles. The number of likely N-dealkylation sites (N-methyl/N-ethyl adjacent to an activating group) is 1. The highest BCUT2D eigenvalue weighted by Crippen LogP contribution is 2.37. The summed E-state index contributed by atoms with van der Waals surface area (Å²) in [4.78, 5) is 9.38. The molecule has 0 amide bonds. The minimum absolute atomic E-state index is 0.0779. The molecule has 1 spiro atoms. The van der Waals surface area contributed by atoms with E-state index in [1.54, 1.807) is 0 Å². The second-order valence-corrected chi connectivity index (χ2v) is 7.89. The summed E-state index contributed by atoms with van der Waals surface area (Å²) < 4.78 is 8.23. The van der Waals surface area contributed by atoms with Crippen molar-refractivity contribution in [1.29, 1.82) is 0 Å². The van der Waals surface area contributed by atoms with Crippen LogP contribution in [0.2, 0.25) is 0 Å². The lowest BCUT2D eigenvalue weighted by molar-refractivity contribution is -0.0452. The second-order valence-electron chi connectivity index (χ2n) is 7.89. The molecule has 0 bridgehead atoms. The Morgan fingerprint density at radius 3 is 2.85 bits per heavy atom. The number of aryl methyl sites for hydroxylation is 1. The first-order valence-electron chi connectivity index (χ1n) is 9.56. The Labute approximate surface area is 155 Å². The molecule has 0 aromatic carbocycles. The van der Waals surface area contributed by atoms with Crippen LogP contribution in [0.5, 0.6) is 0 Å². The van der Waals surface area contributed by atoms with Crippen LogP contribution >= 0.6 is 0 Å². The first-order chi connectivity index (χ1) is 12.6. The first-order valence-corrected chi connectivity index (χ1v) is 9.56. The van der Waals surface area contributed by atoms with Crippen molar-refractivity contribution in [3.63, 3.8) is 0 Å². The van der Waals surface area contributed by atoms with Crippen molar-refractivity contribution in [2.24, 2.45) is 7.05 Å². The summed E-state index contributed by atoms with van der Waals surface area (Å²) >= 11 is 0. The topological polar surface area (TPSA) is 46.4 Å². The van der Waals surface area contributed by atoms with E-state index in [2.05, 4.69) is 45.3 Å². The smallest absolute Gasteiger partial charge is 0.0723 e. The predicted octanol–water partition coefficient (Wildman–Crippen LogP) is 2.07. The number of piperidine rings is 1. The molecule has 0 saturated carbocycles. The molecule has 0 radical (unpaired) electrons. The van der Waals surface area contributed by atoms with Gasteiger partial charge in [-0.25, -0.2) is 0 Å². The molecule has 0 aliphatic carbocycles. The Morgan fingerprint density at radius 1 is 1.31 bits per heavy atom. The quantitative estimate of drug-likeness (QED) is 0.822. The molecule has 1 atom stereocenters. The van der Waals surface area contributed by atoms with E-state index in [9.17, 15) is 0 Å². The van der Waals surface area contributed by atoms with Gasteiger partial charge in [-0.15, -0.1) is 0 Å². The summed E-state index contributed by atoms with van der Waals surface area (Å²) in [6, 6.07) is 6.61. The van der Waals surface area contributed by atoms with Gasteiger partial charge >= 0.3 is 0 Å². The molecule has 4 heterocycles. The minimum Gasteiger partial charge on any atom is -0.373 e. The molecule has 6 nitrogen and oxygen atoms in total. The van der Waals surface area contributed by atoms with Crippen molar-refractivity contribution in [2.45, 2.75) is 44.0 Å². The van der Waals surface area contributed by atoms with E-state index < -0.39 is 0 Å². The number of hydrogen-bond donors (Lipinski definition) is 0. The minimum atomic E-state index is 0.0779. The maximum atomic E-state index is 6.35. The summed E-state index contributed by atoms with van der Waals surface area (Å²) in [5, 5.41) is 4.27. The Morgan fingerprint density at radius 2 is 2.15 bits per heavy atom. The standard InChI is InChI=1S/C20H29N5O/c1-23(15-18-5-3-4-8-21-18)19-11-20(26-16-19)6-9-25(10-7-20)14-17-12-22-24(2)13-17/h3-5,8,12-13,19H,6-7,9-11,14-16H2,1-2H3/t19-/m0/s1. The fraction of sp³-hybridized carbons (Fsp3) is 0.600. The van der Waals surface area contributed by atoms with Gasteiger partial charge in [-0.2, -0.15) is 5.10 Å². The van der Waals surface area contributed by atoms with Crippen LogP contribution in [0, 0.1) is 0 Å². The van der Waals surface area contributed by atoms with E-state index in [1.807, 2.05) is 30.2 Å².